The number of carbonyl (C=O) groups is 1. The number of carbonyl (C=O) groups excluding carboxylic acids is 1. The Labute approximate surface area is 108 Å². The molecule has 0 aliphatic rings. The van der Waals surface area contributed by atoms with Gasteiger partial charge >= 0.3 is 0 Å². The number of methoxy groups -OCH3 is 1. The molecule has 2 N–H and O–H groups in total. The van der Waals surface area contributed by atoms with Gasteiger partial charge in [-0.1, -0.05) is 13.8 Å². The molecule has 1 unspecified atom stereocenters. The average molecular weight is 253 g/mol. The van der Waals surface area contributed by atoms with Crippen molar-refractivity contribution in [2.75, 3.05) is 13.7 Å². The summed E-state index contributed by atoms with van der Waals surface area (Å²) in [6.45, 7) is 4.52. The Bertz CT molecular complexity index is 372. The lowest BCUT2D eigenvalue weighted by molar-refractivity contribution is -0.120. The van der Waals surface area contributed by atoms with Gasteiger partial charge in [-0.3, -0.25) is 9.48 Å². The molecule has 0 saturated carbocycles. The Morgan fingerprint density at radius 1 is 1.50 bits per heavy atom. The second-order valence-electron chi connectivity index (χ2n) is 4.46. The van der Waals surface area contributed by atoms with Crippen LogP contribution in [0.25, 0.3) is 0 Å². The number of hydrogen-bond donors (Lipinski definition) is 1. The van der Waals surface area contributed by atoms with Crippen molar-refractivity contribution in [3.63, 3.8) is 0 Å². The third-order valence-electron chi connectivity index (χ3n) is 3.10. The van der Waals surface area contributed by atoms with Crippen molar-refractivity contribution in [3.8, 4) is 0 Å². The van der Waals surface area contributed by atoms with E-state index in [-0.39, 0.29) is 18.8 Å². The van der Waals surface area contributed by atoms with Crippen molar-refractivity contribution in [1.82, 2.24) is 9.78 Å². The fraction of sp³-hybridized carbons (Fsp3) is 0.692. The zero-order valence-corrected chi connectivity index (χ0v) is 11.4. The summed E-state index contributed by atoms with van der Waals surface area (Å²) in [5, 5.41) is 4.43. The third kappa shape index (κ3) is 3.92. The van der Waals surface area contributed by atoms with Crippen molar-refractivity contribution in [3.05, 3.63) is 18.0 Å². The smallest absolute Gasteiger partial charge is 0.157 e. The molecule has 102 valence electrons. The van der Waals surface area contributed by atoms with Crippen LogP contribution in [0.1, 0.15) is 38.4 Å². The third-order valence-corrected chi connectivity index (χ3v) is 3.10. The van der Waals surface area contributed by atoms with Crippen molar-refractivity contribution in [1.29, 1.82) is 0 Å². The van der Waals surface area contributed by atoms with Crippen LogP contribution in [0.15, 0.2) is 12.3 Å². The first-order chi connectivity index (χ1) is 8.62. The molecule has 5 nitrogen and oxygen atoms in total. The fourth-order valence-corrected chi connectivity index (χ4v) is 1.92. The summed E-state index contributed by atoms with van der Waals surface area (Å²) < 4.78 is 6.80. The van der Waals surface area contributed by atoms with Gasteiger partial charge in [-0.15, -0.1) is 0 Å². The van der Waals surface area contributed by atoms with Gasteiger partial charge in [0, 0.05) is 13.3 Å². The second-order valence-corrected chi connectivity index (χ2v) is 4.46. The molecule has 1 rings (SSSR count). The summed E-state index contributed by atoms with van der Waals surface area (Å²) >= 11 is 0. The maximum Gasteiger partial charge on any atom is 0.157 e. The highest BCUT2D eigenvalue weighted by atomic mass is 16.5. The van der Waals surface area contributed by atoms with Crippen molar-refractivity contribution >= 4 is 5.78 Å². The molecule has 0 fully saturated rings. The van der Waals surface area contributed by atoms with E-state index in [1.165, 1.54) is 7.11 Å². The van der Waals surface area contributed by atoms with Gasteiger partial charge in [-0.2, -0.15) is 5.10 Å². The highest BCUT2D eigenvalue weighted by Crippen LogP contribution is 2.14. The minimum atomic E-state index is -0.562. The first-order valence-corrected chi connectivity index (χ1v) is 6.43. The van der Waals surface area contributed by atoms with Gasteiger partial charge < -0.3 is 10.5 Å². The van der Waals surface area contributed by atoms with E-state index >= 15 is 0 Å². The molecule has 1 aromatic heterocycles. The Balaban J connectivity index is 2.61. The highest BCUT2D eigenvalue weighted by molar-refractivity contribution is 5.85. The Morgan fingerprint density at radius 3 is 2.72 bits per heavy atom. The lowest BCUT2D eigenvalue weighted by Crippen LogP contribution is -2.36. The molecule has 0 spiro atoms. The van der Waals surface area contributed by atoms with Crippen LogP contribution in [0.4, 0.5) is 0 Å². The molecule has 0 bridgehead atoms. The van der Waals surface area contributed by atoms with E-state index in [1.54, 1.807) is 0 Å². The Hall–Kier alpha value is -1.20. The van der Waals surface area contributed by atoms with Gasteiger partial charge in [0.2, 0.25) is 0 Å². The summed E-state index contributed by atoms with van der Waals surface area (Å²) in [6, 6.07) is 1.73. The maximum atomic E-state index is 11.8. The zero-order valence-electron chi connectivity index (χ0n) is 11.4. The van der Waals surface area contributed by atoms with Crippen LogP contribution in [0.2, 0.25) is 0 Å². The first-order valence-electron chi connectivity index (χ1n) is 6.43. The molecule has 0 aromatic carbocycles. The van der Waals surface area contributed by atoms with Gasteiger partial charge in [-0.05, 0) is 18.9 Å². The molecule has 18 heavy (non-hydrogen) atoms. The standard InChI is InChI=1S/C13H23N3O2/c1-4-11(5-2)16-7-6-10(15-16)8-13(17)12(14)9-18-3/h6-7,11-12H,4-5,8-9,14H2,1-3H3. The quantitative estimate of drug-likeness (QED) is 0.758. The van der Waals surface area contributed by atoms with Crippen LogP contribution in [0, 0.1) is 0 Å². The van der Waals surface area contributed by atoms with Gasteiger partial charge in [0.1, 0.15) is 0 Å². The number of ketones is 1. The zero-order chi connectivity index (χ0) is 13.5. The minimum absolute atomic E-state index is 0.0355. The van der Waals surface area contributed by atoms with Crippen molar-refractivity contribution in [2.45, 2.75) is 45.2 Å². The van der Waals surface area contributed by atoms with Gasteiger partial charge in [-0.25, -0.2) is 0 Å². The fourth-order valence-electron chi connectivity index (χ4n) is 1.92. The van der Waals surface area contributed by atoms with Crippen molar-refractivity contribution < 1.29 is 9.53 Å². The van der Waals surface area contributed by atoms with Crippen molar-refractivity contribution in [2.24, 2.45) is 5.73 Å². The van der Waals surface area contributed by atoms with Gasteiger partial charge in [0.25, 0.3) is 0 Å². The SMILES string of the molecule is CCC(CC)n1ccc(CC(=O)C(N)COC)n1. The predicted molar refractivity (Wildman–Crippen MR) is 70.4 cm³/mol. The van der Waals surface area contributed by atoms with E-state index in [0.29, 0.717) is 6.04 Å². The van der Waals surface area contributed by atoms with E-state index in [9.17, 15) is 4.79 Å². The van der Waals surface area contributed by atoms with Crippen LogP contribution >= 0.6 is 0 Å². The topological polar surface area (TPSA) is 70.1 Å². The van der Waals surface area contributed by atoms with E-state index in [2.05, 4.69) is 18.9 Å². The van der Waals surface area contributed by atoms with Crippen LogP contribution < -0.4 is 5.73 Å². The number of aromatic nitrogens is 2. The second kappa shape index (κ2) is 7.28. The number of Topliss-reactive ketones (excluding diaryl/α,β-unsaturated/α-hetero) is 1. The minimum Gasteiger partial charge on any atom is -0.383 e. The summed E-state index contributed by atoms with van der Waals surface area (Å²) in [5.74, 6) is -0.0355. The van der Waals surface area contributed by atoms with E-state index in [1.807, 2.05) is 16.9 Å². The molecule has 0 saturated heterocycles. The molecule has 5 heteroatoms. The molecule has 0 aliphatic carbocycles. The largest absolute Gasteiger partial charge is 0.383 e. The molecule has 0 aliphatic heterocycles. The predicted octanol–water partition coefficient (Wildman–Crippen LogP) is 1.33. The summed E-state index contributed by atoms with van der Waals surface area (Å²) in [6.07, 6.45) is 4.28. The number of hydrogen-bond acceptors (Lipinski definition) is 4. The number of ether oxygens (including phenoxy) is 1. The lowest BCUT2D eigenvalue weighted by Gasteiger charge is -2.12. The number of nitrogens with zero attached hydrogens (tertiary/aromatic N) is 2. The van der Waals surface area contributed by atoms with Gasteiger partial charge in [0.05, 0.1) is 30.8 Å². The van der Waals surface area contributed by atoms with Gasteiger partial charge in [0.15, 0.2) is 5.78 Å². The van der Waals surface area contributed by atoms with E-state index in [4.69, 9.17) is 10.5 Å². The first kappa shape index (κ1) is 14.9. The number of nitrogens with two attached hydrogens (primary N) is 1. The average Bonchev–Trinajstić information content (AvgIpc) is 2.79. The molecule has 1 aromatic rings. The van der Waals surface area contributed by atoms with Crippen LogP contribution in [-0.4, -0.2) is 35.3 Å². The number of rotatable bonds is 8. The van der Waals surface area contributed by atoms with E-state index < -0.39 is 6.04 Å². The van der Waals surface area contributed by atoms with E-state index in [0.717, 1.165) is 18.5 Å². The molecule has 1 heterocycles. The monoisotopic (exact) mass is 253 g/mol. The summed E-state index contributed by atoms with van der Waals surface area (Å²) in [4.78, 5) is 11.8. The molecule has 1 atom stereocenters. The summed E-state index contributed by atoms with van der Waals surface area (Å²) in [5.41, 5.74) is 6.46. The van der Waals surface area contributed by atoms with Crippen LogP contribution in [0.5, 0.6) is 0 Å². The Morgan fingerprint density at radius 2 is 2.17 bits per heavy atom. The lowest BCUT2D eigenvalue weighted by atomic mass is 10.1. The summed E-state index contributed by atoms with van der Waals surface area (Å²) in [7, 11) is 1.54. The molecular formula is C13H23N3O2. The molecular weight excluding hydrogens is 230 g/mol. The molecule has 0 amide bonds. The maximum absolute atomic E-state index is 11.8. The highest BCUT2D eigenvalue weighted by Gasteiger charge is 2.16. The van der Waals surface area contributed by atoms with Crippen LogP contribution in [-0.2, 0) is 16.0 Å². The normalized spacial score (nSPS) is 12.9. The Kier molecular flexibility index (Phi) is 6.01. The van der Waals surface area contributed by atoms with Crippen LogP contribution in [0.3, 0.4) is 0 Å². The molecule has 0 radical (unpaired) electrons.